The van der Waals surface area contributed by atoms with Crippen LogP contribution in [0.4, 0.5) is 17.1 Å². The molecule has 14 rings (SSSR count). The molecule has 0 saturated heterocycles. The van der Waals surface area contributed by atoms with Gasteiger partial charge in [0.1, 0.15) is 0 Å². The van der Waals surface area contributed by atoms with Crippen LogP contribution in [0.5, 0.6) is 0 Å². The number of hydrogen-bond acceptors (Lipinski definition) is 1. The lowest BCUT2D eigenvalue weighted by molar-refractivity contribution is -0.0407. The molecule has 0 radical (unpaired) electrons. The molecule has 1 heterocycles. The number of fused-ring (bicyclic) bond motifs is 4. The Hall–Kier alpha value is -7.42. The second kappa shape index (κ2) is 15.9. The van der Waals surface area contributed by atoms with Gasteiger partial charge in [0.15, 0.2) is 0 Å². The number of para-hydroxylation sites is 2. The lowest BCUT2D eigenvalue weighted by Gasteiger charge is -2.61. The first kappa shape index (κ1) is 39.9. The standard InChI is InChI=1S/C65H54N2/c1-43(28-37-59-44(2)57-22-12-13-25-60(57)65(59)51-39-45-38-46(41-51)42-52(65)40-45)56-23-14-24-58-63-61(26-15-27-62(63)67(64(56)58)53-20-10-5-11-21-53)66(54-33-29-49(30-34-54)47-16-6-3-7-17-47)55-35-31-50(32-36-55)48-18-8-4-9-19-48/h3-37,45-46,51-52H,1,38-42H2,2H3/b37-28-. The number of nitrogens with zero attached hydrogens (tertiary/aromatic N) is 2. The highest BCUT2D eigenvalue weighted by Gasteiger charge is 2.61. The number of hydrogen-bond donors (Lipinski definition) is 0. The van der Waals surface area contributed by atoms with Crippen LogP contribution in [0, 0.1) is 23.7 Å². The van der Waals surface area contributed by atoms with Gasteiger partial charge in [-0.15, -0.1) is 0 Å². The maximum atomic E-state index is 4.93. The number of anilines is 3. The first-order chi connectivity index (χ1) is 33.0. The zero-order chi connectivity index (χ0) is 44.6. The Balaban J connectivity index is 0.977. The highest BCUT2D eigenvalue weighted by atomic mass is 15.1. The summed E-state index contributed by atoms with van der Waals surface area (Å²) in [7, 11) is 0. The fourth-order valence-electron chi connectivity index (χ4n) is 13.8. The normalized spacial score (nSPS) is 21.5. The minimum absolute atomic E-state index is 0.104. The highest BCUT2D eigenvalue weighted by Crippen LogP contribution is 2.69. The molecule has 2 nitrogen and oxygen atoms in total. The van der Waals surface area contributed by atoms with E-state index in [1.807, 2.05) is 0 Å². The van der Waals surface area contributed by atoms with Crippen molar-refractivity contribution in [1.82, 2.24) is 4.57 Å². The summed E-state index contributed by atoms with van der Waals surface area (Å²) in [6.45, 7) is 7.32. The molecule has 9 aromatic rings. The van der Waals surface area contributed by atoms with Gasteiger partial charge in [-0.1, -0.05) is 170 Å². The molecule has 0 unspecified atom stereocenters. The average Bonchev–Trinajstić information content (AvgIpc) is 3.86. The van der Waals surface area contributed by atoms with Crippen molar-refractivity contribution in [2.24, 2.45) is 23.7 Å². The zero-order valence-electron chi connectivity index (χ0n) is 38.2. The lowest BCUT2D eigenvalue weighted by atomic mass is 9.42. The van der Waals surface area contributed by atoms with Crippen molar-refractivity contribution in [2.45, 2.75) is 44.4 Å². The van der Waals surface area contributed by atoms with E-state index in [0.717, 1.165) is 51.2 Å². The van der Waals surface area contributed by atoms with Crippen molar-refractivity contribution >= 4 is 50.0 Å². The second-order valence-electron chi connectivity index (χ2n) is 19.8. The van der Waals surface area contributed by atoms with Crippen LogP contribution in [-0.4, -0.2) is 4.57 Å². The first-order valence-electron chi connectivity index (χ1n) is 24.5. The van der Waals surface area contributed by atoms with Crippen LogP contribution in [0.25, 0.3) is 60.9 Å². The van der Waals surface area contributed by atoms with Gasteiger partial charge in [0.05, 0.1) is 16.7 Å². The van der Waals surface area contributed by atoms with Gasteiger partial charge in [0.25, 0.3) is 0 Å². The molecule has 67 heavy (non-hydrogen) atoms. The fraction of sp³-hybridized carbons (Fsp3) is 0.169. The summed E-state index contributed by atoms with van der Waals surface area (Å²) >= 11 is 0. The molecule has 5 aliphatic carbocycles. The molecule has 0 N–H and O–H groups in total. The predicted octanol–water partition coefficient (Wildman–Crippen LogP) is 17.3. The fourth-order valence-corrected chi connectivity index (χ4v) is 13.8. The highest BCUT2D eigenvalue weighted by molar-refractivity contribution is 6.18. The van der Waals surface area contributed by atoms with E-state index >= 15 is 0 Å². The van der Waals surface area contributed by atoms with Crippen LogP contribution in [0.3, 0.4) is 0 Å². The smallest absolute Gasteiger partial charge is 0.0620 e. The third-order valence-electron chi connectivity index (χ3n) is 16.4. The van der Waals surface area contributed by atoms with Gasteiger partial charge in [0, 0.05) is 38.8 Å². The third-order valence-corrected chi connectivity index (χ3v) is 16.4. The van der Waals surface area contributed by atoms with Crippen molar-refractivity contribution in [3.8, 4) is 27.9 Å². The lowest BCUT2D eigenvalue weighted by Crippen LogP contribution is -2.55. The largest absolute Gasteiger partial charge is 0.310 e. The topological polar surface area (TPSA) is 8.17 Å². The Morgan fingerprint density at radius 3 is 1.70 bits per heavy atom. The molecule has 4 saturated carbocycles. The SMILES string of the molecule is C=C(/C=C\C1=C(C)c2ccccc2C12C1CC3CC(C1)CC2C3)c1cccc2c3c(N(c4ccc(-c5ccccc5)cc4)c4ccc(-c5ccccc5)cc4)cccc3n(-c3ccccc3)c12. The zero-order valence-corrected chi connectivity index (χ0v) is 38.2. The van der Waals surface area contributed by atoms with E-state index in [1.165, 1.54) is 81.8 Å². The molecule has 324 valence electrons. The van der Waals surface area contributed by atoms with E-state index in [0.29, 0.717) is 11.8 Å². The maximum Gasteiger partial charge on any atom is 0.0620 e. The van der Waals surface area contributed by atoms with Gasteiger partial charge in [-0.3, -0.25) is 0 Å². The van der Waals surface area contributed by atoms with Crippen LogP contribution in [0.1, 0.15) is 55.7 Å². The van der Waals surface area contributed by atoms with E-state index in [4.69, 9.17) is 6.58 Å². The summed E-state index contributed by atoms with van der Waals surface area (Å²) in [5.74, 6) is 3.23. The molecule has 4 bridgehead atoms. The van der Waals surface area contributed by atoms with Gasteiger partial charge < -0.3 is 9.47 Å². The van der Waals surface area contributed by atoms with E-state index in [1.54, 1.807) is 11.1 Å². The number of benzene rings is 8. The monoisotopic (exact) mass is 862 g/mol. The van der Waals surface area contributed by atoms with Crippen molar-refractivity contribution < 1.29 is 0 Å². The third kappa shape index (κ3) is 6.30. The minimum Gasteiger partial charge on any atom is -0.310 e. The van der Waals surface area contributed by atoms with Gasteiger partial charge >= 0.3 is 0 Å². The first-order valence-corrected chi connectivity index (χ1v) is 24.5. The van der Waals surface area contributed by atoms with Crippen LogP contribution < -0.4 is 4.90 Å². The molecule has 1 aromatic heterocycles. The summed E-state index contributed by atoms with van der Waals surface area (Å²) < 4.78 is 2.48. The molecule has 0 aliphatic heterocycles. The second-order valence-corrected chi connectivity index (χ2v) is 19.8. The molecule has 0 atom stereocenters. The number of allylic oxidation sites excluding steroid dienone is 5. The summed E-state index contributed by atoms with van der Waals surface area (Å²) in [6.07, 6.45) is 11.8. The van der Waals surface area contributed by atoms with Crippen molar-refractivity contribution in [1.29, 1.82) is 0 Å². The molecule has 2 heteroatoms. The van der Waals surface area contributed by atoms with E-state index in [2.05, 4.69) is 229 Å². The van der Waals surface area contributed by atoms with Crippen molar-refractivity contribution in [2.75, 3.05) is 4.90 Å². The van der Waals surface area contributed by atoms with Crippen LogP contribution in [-0.2, 0) is 5.41 Å². The Morgan fingerprint density at radius 2 is 1.09 bits per heavy atom. The van der Waals surface area contributed by atoms with Crippen molar-refractivity contribution in [3.05, 3.63) is 241 Å². The molecule has 0 amide bonds. The van der Waals surface area contributed by atoms with Crippen LogP contribution in [0.2, 0.25) is 0 Å². The summed E-state index contributed by atoms with van der Waals surface area (Å²) in [5.41, 5.74) is 20.0. The van der Waals surface area contributed by atoms with E-state index in [9.17, 15) is 0 Å². The Kier molecular flexibility index (Phi) is 9.46. The molecule has 4 fully saturated rings. The van der Waals surface area contributed by atoms with Crippen LogP contribution >= 0.6 is 0 Å². The van der Waals surface area contributed by atoms with Gasteiger partial charge in [-0.05, 0) is 161 Å². The summed E-state index contributed by atoms with van der Waals surface area (Å²) in [4.78, 5) is 2.44. The van der Waals surface area contributed by atoms with E-state index < -0.39 is 0 Å². The molecular formula is C65H54N2. The maximum absolute atomic E-state index is 4.93. The van der Waals surface area contributed by atoms with Gasteiger partial charge in [-0.2, -0.15) is 0 Å². The number of rotatable bonds is 9. The van der Waals surface area contributed by atoms with Crippen molar-refractivity contribution in [3.63, 3.8) is 0 Å². The van der Waals surface area contributed by atoms with Gasteiger partial charge in [-0.25, -0.2) is 0 Å². The Morgan fingerprint density at radius 1 is 0.552 bits per heavy atom. The predicted molar refractivity (Wildman–Crippen MR) is 282 cm³/mol. The molecule has 1 spiro atoms. The van der Waals surface area contributed by atoms with E-state index in [-0.39, 0.29) is 5.41 Å². The minimum atomic E-state index is 0.104. The quantitative estimate of drug-likeness (QED) is 0.131. The Labute approximate surface area is 394 Å². The molecule has 8 aromatic carbocycles. The Bertz CT molecular complexity index is 3300. The molecule has 5 aliphatic rings. The number of aromatic nitrogens is 1. The summed E-state index contributed by atoms with van der Waals surface area (Å²) in [6, 6.07) is 73.4. The molecular weight excluding hydrogens is 809 g/mol. The van der Waals surface area contributed by atoms with Crippen LogP contribution in [0.15, 0.2) is 224 Å². The average molecular weight is 863 g/mol. The van der Waals surface area contributed by atoms with Gasteiger partial charge in [0.2, 0.25) is 0 Å². The summed E-state index contributed by atoms with van der Waals surface area (Å²) in [5, 5.41) is 2.41.